The maximum atomic E-state index is 12.8. The van der Waals surface area contributed by atoms with Gasteiger partial charge in [-0.3, -0.25) is 9.10 Å². The summed E-state index contributed by atoms with van der Waals surface area (Å²) in [5.74, 6) is -0.924. The number of ether oxygens (including phenoxy) is 1. The summed E-state index contributed by atoms with van der Waals surface area (Å²) in [5, 5.41) is 2.74. The maximum absolute atomic E-state index is 12.8. The Labute approximate surface area is 171 Å². The van der Waals surface area contributed by atoms with Crippen molar-refractivity contribution in [3.63, 3.8) is 0 Å². The number of esters is 1. The lowest BCUT2D eigenvalue weighted by atomic mass is 10.1. The number of rotatable bonds is 7. The Morgan fingerprint density at radius 1 is 1.10 bits per heavy atom. The summed E-state index contributed by atoms with van der Waals surface area (Å²) in [6.07, 6.45) is 1.07. The van der Waals surface area contributed by atoms with Crippen molar-refractivity contribution in [1.29, 1.82) is 0 Å². The molecular formula is C21H26N2O5S. The lowest BCUT2D eigenvalue weighted by Crippen LogP contribution is -2.45. The molecule has 29 heavy (non-hydrogen) atoms. The summed E-state index contributed by atoms with van der Waals surface area (Å²) >= 11 is 0. The molecule has 156 valence electrons. The Kier molecular flexibility index (Phi) is 7.02. The van der Waals surface area contributed by atoms with Crippen molar-refractivity contribution in [2.24, 2.45) is 0 Å². The minimum Gasteiger partial charge on any atom is -0.462 e. The number of carbonyl (C=O) groups is 2. The summed E-state index contributed by atoms with van der Waals surface area (Å²) in [5.41, 5.74) is 2.93. The number of carbonyl (C=O) groups excluding carboxylic acids is 2. The van der Waals surface area contributed by atoms with E-state index in [1.54, 1.807) is 56.3 Å². The first-order chi connectivity index (χ1) is 13.5. The van der Waals surface area contributed by atoms with Crippen molar-refractivity contribution in [3.8, 4) is 0 Å². The van der Waals surface area contributed by atoms with E-state index in [1.165, 1.54) is 6.92 Å². The van der Waals surface area contributed by atoms with Crippen molar-refractivity contribution >= 4 is 33.3 Å². The Hall–Kier alpha value is -2.87. The summed E-state index contributed by atoms with van der Waals surface area (Å²) in [6.45, 7) is 7.17. The molecule has 0 saturated heterocycles. The van der Waals surface area contributed by atoms with Crippen LogP contribution in [0.25, 0.3) is 0 Å². The molecule has 0 fully saturated rings. The Morgan fingerprint density at radius 2 is 1.72 bits per heavy atom. The van der Waals surface area contributed by atoms with Crippen molar-refractivity contribution < 1.29 is 22.7 Å². The highest BCUT2D eigenvalue weighted by molar-refractivity contribution is 7.92. The number of sulfonamides is 1. The van der Waals surface area contributed by atoms with Gasteiger partial charge in [0.2, 0.25) is 15.9 Å². The van der Waals surface area contributed by atoms with Gasteiger partial charge >= 0.3 is 5.97 Å². The molecule has 0 aromatic heterocycles. The van der Waals surface area contributed by atoms with E-state index in [-0.39, 0.29) is 6.61 Å². The molecule has 0 bridgehead atoms. The minimum atomic E-state index is -3.69. The van der Waals surface area contributed by atoms with E-state index in [2.05, 4.69) is 5.32 Å². The molecule has 1 unspecified atom stereocenters. The maximum Gasteiger partial charge on any atom is 0.338 e. The summed E-state index contributed by atoms with van der Waals surface area (Å²) in [4.78, 5) is 24.6. The highest BCUT2D eigenvalue weighted by Gasteiger charge is 2.29. The van der Waals surface area contributed by atoms with Gasteiger partial charge in [-0.15, -0.1) is 0 Å². The van der Waals surface area contributed by atoms with Gasteiger partial charge in [0.25, 0.3) is 0 Å². The second kappa shape index (κ2) is 9.09. The van der Waals surface area contributed by atoms with Gasteiger partial charge in [0.05, 0.1) is 24.1 Å². The molecule has 2 aromatic rings. The van der Waals surface area contributed by atoms with Crippen LogP contribution in [-0.4, -0.2) is 39.2 Å². The van der Waals surface area contributed by atoms with Crippen LogP contribution in [0.3, 0.4) is 0 Å². The van der Waals surface area contributed by atoms with E-state index in [4.69, 9.17) is 4.74 Å². The third kappa shape index (κ3) is 5.57. The van der Waals surface area contributed by atoms with E-state index in [1.807, 2.05) is 6.92 Å². The van der Waals surface area contributed by atoms with Gasteiger partial charge in [0.1, 0.15) is 6.04 Å². The zero-order valence-electron chi connectivity index (χ0n) is 17.2. The topological polar surface area (TPSA) is 92.8 Å². The van der Waals surface area contributed by atoms with E-state index < -0.39 is 27.9 Å². The fourth-order valence-corrected chi connectivity index (χ4v) is 4.06. The molecule has 0 saturated carbocycles. The van der Waals surface area contributed by atoms with Gasteiger partial charge in [-0.2, -0.15) is 0 Å². The number of nitrogens with zero attached hydrogens (tertiary/aromatic N) is 1. The number of amides is 1. The first kappa shape index (κ1) is 22.4. The van der Waals surface area contributed by atoms with Crippen molar-refractivity contribution in [2.45, 2.75) is 33.7 Å². The number of aryl methyl sites for hydroxylation is 2. The predicted octanol–water partition coefficient (Wildman–Crippen LogP) is 3.27. The second-order valence-electron chi connectivity index (χ2n) is 6.81. The molecule has 1 atom stereocenters. The number of nitrogens with one attached hydrogen (secondary N) is 1. The molecule has 0 radical (unpaired) electrons. The van der Waals surface area contributed by atoms with E-state index >= 15 is 0 Å². The molecule has 2 rings (SSSR count). The molecule has 8 heteroatoms. The molecule has 1 amide bonds. The number of hydrogen-bond donors (Lipinski definition) is 1. The quantitative estimate of drug-likeness (QED) is 0.697. The van der Waals surface area contributed by atoms with Crippen LogP contribution in [0.4, 0.5) is 11.4 Å². The van der Waals surface area contributed by atoms with Crippen LogP contribution in [0, 0.1) is 13.8 Å². The largest absolute Gasteiger partial charge is 0.462 e. The molecule has 0 heterocycles. The van der Waals surface area contributed by atoms with Gasteiger partial charge in [-0.1, -0.05) is 17.7 Å². The zero-order chi connectivity index (χ0) is 21.8. The molecule has 2 aromatic carbocycles. The molecule has 0 spiro atoms. The fraction of sp³-hybridized carbons (Fsp3) is 0.333. The van der Waals surface area contributed by atoms with Crippen LogP contribution in [-0.2, 0) is 19.6 Å². The SMILES string of the molecule is CCOC(=O)c1ccc(NC(=O)C(C)N(c2ccc(C)cc2)S(C)(=O)=O)c(C)c1. The van der Waals surface area contributed by atoms with Gasteiger partial charge in [-0.05, 0) is 63.6 Å². The summed E-state index contributed by atoms with van der Waals surface area (Å²) in [7, 11) is -3.69. The van der Waals surface area contributed by atoms with E-state index in [0.29, 0.717) is 22.5 Å². The smallest absolute Gasteiger partial charge is 0.338 e. The number of hydrogen-bond acceptors (Lipinski definition) is 5. The molecule has 0 aliphatic rings. The number of benzene rings is 2. The highest BCUT2D eigenvalue weighted by atomic mass is 32.2. The Bertz CT molecular complexity index is 1000. The number of anilines is 2. The molecular weight excluding hydrogens is 392 g/mol. The van der Waals surface area contributed by atoms with Gasteiger partial charge in [0.15, 0.2) is 0 Å². The lowest BCUT2D eigenvalue weighted by Gasteiger charge is -2.28. The third-order valence-electron chi connectivity index (χ3n) is 4.37. The van der Waals surface area contributed by atoms with Crippen LogP contribution in [0.2, 0.25) is 0 Å². The van der Waals surface area contributed by atoms with Crippen LogP contribution in [0.5, 0.6) is 0 Å². The molecule has 0 aliphatic heterocycles. The zero-order valence-corrected chi connectivity index (χ0v) is 18.0. The van der Waals surface area contributed by atoms with Crippen LogP contribution in [0.1, 0.15) is 35.3 Å². The van der Waals surface area contributed by atoms with Gasteiger partial charge in [0, 0.05) is 5.69 Å². The Morgan fingerprint density at radius 3 is 2.24 bits per heavy atom. The predicted molar refractivity (Wildman–Crippen MR) is 114 cm³/mol. The molecule has 7 nitrogen and oxygen atoms in total. The summed E-state index contributed by atoms with van der Waals surface area (Å²) < 4.78 is 30.8. The highest BCUT2D eigenvalue weighted by Crippen LogP contribution is 2.23. The second-order valence-corrected chi connectivity index (χ2v) is 8.67. The first-order valence-corrected chi connectivity index (χ1v) is 11.0. The summed E-state index contributed by atoms with van der Waals surface area (Å²) in [6, 6.07) is 10.7. The lowest BCUT2D eigenvalue weighted by molar-refractivity contribution is -0.116. The van der Waals surface area contributed by atoms with Crippen LogP contribution < -0.4 is 9.62 Å². The van der Waals surface area contributed by atoms with E-state index in [0.717, 1.165) is 16.1 Å². The van der Waals surface area contributed by atoms with Crippen molar-refractivity contribution in [1.82, 2.24) is 0 Å². The molecule has 1 N–H and O–H groups in total. The average molecular weight is 419 g/mol. The van der Waals surface area contributed by atoms with E-state index in [9.17, 15) is 18.0 Å². The Balaban J connectivity index is 2.26. The monoisotopic (exact) mass is 418 g/mol. The third-order valence-corrected chi connectivity index (χ3v) is 5.61. The van der Waals surface area contributed by atoms with Crippen LogP contribution >= 0.6 is 0 Å². The first-order valence-electron chi connectivity index (χ1n) is 9.19. The standard InChI is InChI=1S/C21H26N2O5S/c1-6-28-21(25)17-9-12-19(15(3)13-17)22-20(24)16(4)23(29(5,26)27)18-10-7-14(2)8-11-18/h7-13,16H,6H2,1-5H3,(H,22,24). The van der Waals surface area contributed by atoms with Gasteiger partial charge < -0.3 is 10.1 Å². The molecule has 0 aliphatic carbocycles. The average Bonchev–Trinajstić information content (AvgIpc) is 2.64. The normalized spacial score (nSPS) is 12.2. The van der Waals surface area contributed by atoms with Crippen LogP contribution in [0.15, 0.2) is 42.5 Å². The van der Waals surface area contributed by atoms with Crippen molar-refractivity contribution in [3.05, 3.63) is 59.2 Å². The fourth-order valence-electron chi connectivity index (χ4n) is 2.88. The minimum absolute atomic E-state index is 0.272. The van der Waals surface area contributed by atoms with Crippen molar-refractivity contribution in [2.75, 3.05) is 22.5 Å². The van der Waals surface area contributed by atoms with Gasteiger partial charge in [-0.25, -0.2) is 13.2 Å².